The minimum Gasteiger partial charge on any atom is -0.386 e. The molecular formula is C10H15N3O2. The zero-order valence-electron chi connectivity index (χ0n) is 8.52. The Hall–Kier alpha value is -1.04. The summed E-state index contributed by atoms with van der Waals surface area (Å²) < 4.78 is 5.14. The standard InChI is InChI=1S/C10H15N3O2/c14-10(2-5-15-8-10)7-11-6-9-12-3-1-4-13-9/h1,3-4,11,14H,2,5-8H2. The lowest BCUT2D eigenvalue weighted by molar-refractivity contribution is 0.0267. The lowest BCUT2D eigenvalue weighted by Gasteiger charge is -2.20. The number of rotatable bonds is 4. The molecule has 0 bridgehead atoms. The van der Waals surface area contributed by atoms with Crippen LogP contribution in [0.4, 0.5) is 0 Å². The third kappa shape index (κ3) is 2.95. The van der Waals surface area contributed by atoms with Crippen molar-refractivity contribution < 1.29 is 9.84 Å². The van der Waals surface area contributed by atoms with Gasteiger partial charge in [0.2, 0.25) is 0 Å². The van der Waals surface area contributed by atoms with E-state index in [-0.39, 0.29) is 0 Å². The summed E-state index contributed by atoms with van der Waals surface area (Å²) in [6.07, 6.45) is 4.10. The highest BCUT2D eigenvalue weighted by Crippen LogP contribution is 2.16. The van der Waals surface area contributed by atoms with Crippen molar-refractivity contribution >= 4 is 0 Å². The van der Waals surface area contributed by atoms with Gasteiger partial charge < -0.3 is 15.2 Å². The highest BCUT2D eigenvalue weighted by atomic mass is 16.5. The van der Waals surface area contributed by atoms with Crippen molar-refractivity contribution in [1.82, 2.24) is 15.3 Å². The number of nitrogens with one attached hydrogen (secondary N) is 1. The summed E-state index contributed by atoms with van der Waals surface area (Å²) in [5.74, 6) is 0.736. The topological polar surface area (TPSA) is 67.3 Å². The van der Waals surface area contributed by atoms with Crippen LogP contribution >= 0.6 is 0 Å². The van der Waals surface area contributed by atoms with E-state index in [1.165, 1.54) is 0 Å². The van der Waals surface area contributed by atoms with Gasteiger partial charge in [0, 0.05) is 32.0 Å². The summed E-state index contributed by atoms with van der Waals surface area (Å²) >= 11 is 0. The van der Waals surface area contributed by atoms with Gasteiger partial charge in [0.1, 0.15) is 11.4 Å². The van der Waals surface area contributed by atoms with Gasteiger partial charge in [-0.3, -0.25) is 0 Å². The first-order valence-electron chi connectivity index (χ1n) is 5.05. The van der Waals surface area contributed by atoms with E-state index < -0.39 is 5.60 Å². The fraction of sp³-hybridized carbons (Fsp3) is 0.600. The van der Waals surface area contributed by atoms with Crippen LogP contribution in [0.25, 0.3) is 0 Å². The average Bonchev–Trinajstić information content (AvgIpc) is 2.67. The normalized spacial score (nSPS) is 25.7. The molecule has 2 rings (SSSR count). The summed E-state index contributed by atoms with van der Waals surface area (Å²) in [6, 6.07) is 1.78. The van der Waals surface area contributed by atoms with Gasteiger partial charge in [-0.05, 0) is 6.07 Å². The molecule has 0 aromatic carbocycles. The molecule has 82 valence electrons. The van der Waals surface area contributed by atoms with Gasteiger partial charge in [-0.1, -0.05) is 0 Å². The van der Waals surface area contributed by atoms with E-state index in [2.05, 4.69) is 15.3 Å². The maximum atomic E-state index is 9.94. The van der Waals surface area contributed by atoms with E-state index in [0.717, 1.165) is 5.82 Å². The predicted molar refractivity (Wildman–Crippen MR) is 54.1 cm³/mol. The third-order valence-corrected chi connectivity index (χ3v) is 2.44. The van der Waals surface area contributed by atoms with Gasteiger partial charge in [0.25, 0.3) is 0 Å². The zero-order valence-corrected chi connectivity index (χ0v) is 8.52. The molecule has 5 heteroatoms. The summed E-state index contributed by atoms with van der Waals surface area (Å²) in [5.41, 5.74) is -0.714. The largest absolute Gasteiger partial charge is 0.386 e. The molecule has 1 saturated heterocycles. The molecule has 0 spiro atoms. The van der Waals surface area contributed by atoms with E-state index in [1.54, 1.807) is 18.5 Å². The Balaban J connectivity index is 1.75. The monoisotopic (exact) mass is 209 g/mol. The van der Waals surface area contributed by atoms with Crippen LogP contribution in [0.1, 0.15) is 12.2 Å². The van der Waals surface area contributed by atoms with E-state index in [9.17, 15) is 5.11 Å². The second kappa shape index (κ2) is 4.65. The lowest BCUT2D eigenvalue weighted by Crippen LogP contribution is -2.40. The van der Waals surface area contributed by atoms with Crippen molar-refractivity contribution in [3.63, 3.8) is 0 Å². The number of ether oxygens (including phenoxy) is 1. The summed E-state index contributed by atoms with van der Waals surface area (Å²) in [7, 11) is 0. The minimum atomic E-state index is -0.714. The van der Waals surface area contributed by atoms with Gasteiger partial charge >= 0.3 is 0 Å². The van der Waals surface area contributed by atoms with Crippen LogP contribution < -0.4 is 5.32 Å². The van der Waals surface area contributed by atoms with Crippen LogP contribution in [-0.4, -0.2) is 40.4 Å². The maximum Gasteiger partial charge on any atom is 0.141 e. The Morgan fingerprint density at radius 1 is 1.47 bits per heavy atom. The molecule has 1 aliphatic heterocycles. The van der Waals surface area contributed by atoms with Gasteiger partial charge in [-0.25, -0.2) is 9.97 Å². The van der Waals surface area contributed by atoms with Crippen LogP contribution in [0.3, 0.4) is 0 Å². The van der Waals surface area contributed by atoms with Gasteiger partial charge in [0.15, 0.2) is 0 Å². The summed E-state index contributed by atoms with van der Waals surface area (Å²) in [4.78, 5) is 8.16. The molecule has 2 heterocycles. The number of nitrogens with zero attached hydrogens (tertiary/aromatic N) is 2. The van der Waals surface area contributed by atoms with Crippen LogP contribution in [0, 0.1) is 0 Å². The fourth-order valence-electron chi connectivity index (χ4n) is 1.56. The number of hydrogen-bond donors (Lipinski definition) is 2. The molecule has 1 aromatic rings. The molecule has 1 aliphatic rings. The molecule has 0 radical (unpaired) electrons. The molecule has 1 fully saturated rings. The first kappa shape index (κ1) is 10.5. The Bertz CT molecular complexity index is 299. The van der Waals surface area contributed by atoms with Crippen LogP contribution in [0.15, 0.2) is 18.5 Å². The quantitative estimate of drug-likeness (QED) is 0.713. The molecule has 5 nitrogen and oxygen atoms in total. The Labute approximate surface area is 88.5 Å². The van der Waals surface area contributed by atoms with Crippen molar-refractivity contribution in [2.75, 3.05) is 19.8 Å². The second-order valence-electron chi connectivity index (χ2n) is 3.80. The van der Waals surface area contributed by atoms with E-state index >= 15 is 0 Å². The Morgan fingerprint density at radius 3 is 2.93 bits per heavy atom. The third-order valence-electron chi connectivity index (χ3n) is 2.44. The van der Waals surface area contributed by atoms with Gasteiger partial charge in [0.05, 0.1) is 13.2 Å². The minimum absolute atomic E-state index is 0.412. The average molecular weight is 209 g/mol. The smallest absolute Gasteiger partial charge is 0.141 e. The van der Waals surface area contributed by atoms with Gasteiger partial charge in [-0.2, -0.15) is 0 Å². The van der Waals surface area contributed by atoms with E-state index in [1.807, 2.05) is 0 Å². The maximum absolute atomic E-state index is 9.94. The number of aromatic nitrogens is 2. The fourth-order valence-corrected chi connectivity index (χ4v) is 1.56. The van der Waals surface area contributed by atoms with Crippen LogP contribution in [-0.2, 0) is 11.3 Å². The SMILES string of the molecule is OC1(CNCc2ncccn2)CCOC1. The Kier molecular flexibility index (Phi) is 3.25. The van der Waals surface area contributed by atoms with Crippen molar-refractivity contribution in [2.24, 2.45) is 0 Å². The number of hydrogen-bond acceptors (Lipinski definition) is 5. The van der Waals surface area contributed by atoms with E-state index in [4.69, 9.17) is 4.74 Å². The molecule has 0 amide bonds. The van der Waals surface area contributed by atoms with Gasteiger partial charge in [-0.15, -0.1) is 0 Å². The molecule has 0 saturated carbocycles. The first-order valence-corrected chi connectivity index (χ1v) is 5.05. The molecule has 1 atom stereocenters. The van der Waals surface area contributed by atoms with Crippen molar-refractivity contribution in [3.05, 3.63) is 24.3 Å². The molecular weight excluding hydrogens is 194 g/mol. The molecule has 0 aliphatic carbocycles. The number of aliphatic hydroxyl groups is 1. The molecule has 15 heavy (non-hydrogen) atoms. The van der Waals surface area contributed by atoms with Crippen LogP contribution in [0.5, 0.6) is 0 Å². The van der Waals surface area contributed by atoms with Crippen molar-refractivity contribution in [1.29, 1.82) is 0 Å². The molecule has 1 aromatic heterocycles. The first-order chi connectivity index (χ1) is 7.29. The van der Waals surface area contributed by atoms with Crippen molar-refractivity contribution in [3.8, 4) is 0 Å². The van der Waals surface area contributed by atoms with E-state index in [0.29, 0.717) is 32.7 Å². The summed E-state index contributed by atoms with van der Waals surface area (Å²) in [6.45, 7) is 2.14. The molecule has 2 N–H and O–H groups in total. The summed E-state index contributed by atoms with van der Waals surface area (Å²) in [5, 5.41) is 13.1. The highest BCUT2D eigenvalue weighted by Gasteiger charge is 2.31. The zero-order chi connectivity index (χ0) is 10.6. The second-order valence-corrected chi connectivity index (χ2v) is 3.80. The Morgan fingerprint density at radius 2 is 2.27 bits per heavy atom. The van der Waals surface area contributed by atoms with Crippen molar-refractivity contribution in [2.45, 2.75) is 18.6 Å². The van der Waals surface area contributed by atoms with Crippen LogP contribution in [0.2, 0.25) is 0 Å². The predicted octanol–water partition coefficient (Wildman–Crippen LogP) is -0.282. The highest BCUT2D eigenvalue weighted by molar-refractivity contribution is 4.90. The molecule has 1 unspecified atom stereocenters. The lowest BCUT2D eigenvalue weighted by atomic mass is 10.0.